The van der Waals surface area contributed by atoms with Gasteiger partial charge in [0.05, 0.1) is 11.6 Å². The van der Waals surface area contributed by atoms with Gasteiger partial charge in [0.25, 0.3) is 5.91 Å². The van der Waals surface area contributed by atoms with Gasteiger partial charge in [0, 0.05) is 30.3 Å². The lowest BCUT2D eigenvalue weighted by Crippen LogP contribution is -2.32. The van der Waals surface area contributed by atoms with E-state index < -0.39 is 6.04 Å². The smallest absolute Gasteiger partial charge is 0.259 e. The fourth-order valence-corrected chi connectivity index (χ4v) is 2.57. The average Bonchev–Trinajstić information content (AvgIpc) is 2.98. The number of amides is 2. The minimum atomic E-state index is -0.587. The molecule has 6 nitrogen and oxygen atoms in total. The Morgan fingerprint density at radius 1 is 1.35 bits per heavy atom. The van der Waals surface area contributed by atoms with Gasteiger partial charge in [0.2, 0.25) is 5.91 Å². The number of fused-ring (bicyclic) bond motifs is 1. The molecule has 0 bridgehead atoms. The number of nitrogens with two attached hydrogens (primary N) is 1. The van der Waals surface area contributed by atoms with Crippen LogP contribution in [0.1, 0.15) is 22.8 Å². The van der Waals surface area contributed by atoms with Gasteiger partial charge in [-0.05, 0) is 43.2 Å². The van der Waals surface area contributed by atoms with Crippen molar-refractivity contribution in [2.24, 2.45) is 5.73 Å². The van der Waals surface area contributed by atoms with E-state index in [0.717, 1.165) is 17.7 Å². The summed E-state index contributed by atoms with van der Waals surface area (Å²) in [5.41, 5.74) is 8.65. The number of rotatable bonds is 3. The molecule has 0 spiro atoms. The maximum atomic E-state index is 12.6. The molecule has 3 N–H and O–H groups in total. The number of hydrogen-bond donors (Lipinski definition) is 2. The number of nitrogens with one attached hydrogen (secondary N) is 1. The van der Waals surface area contributed by atoms with Crippen molar-refractivity contribution in [3.8, 4) is 0 Å². The molecule has 2 aromatic rings. The largest absolute Gasteiger partial charge is 0.325 e. The van der Waals surface area contributed by atoms with Gasteiger partial charge < -0.3 is 16.0 Å². The highest BCUT2D eigenvalue weighted by Gasteiger charge is 2.26. The summed E-state index contributed by atoms with van der Waals surface area (Å²) in [4.78, 5) is 30.1. The van der Waals surface area contributed by atoms with E-state index in [1.165, 1.54) is 0 Å². The summed E-state index contributed by atoms with van der Waals surface area (Å²) in [7, 11) is 0. The zero-order chi connectivity index (χ0) is 16.4. The van der Waals surface area contributed by atoms with Crippen molar-refractivity contribution < 1.29 is 9.59 Å². The van der Waals surface area contributed by atoms with Crippen LogP contribution in [0.4, 0.5) is 11.4 Å². The van der Waals surface area contributed by atoms with Crippen molar-refractivity contribution in [2.75, 3.05) is 16.8 Å². The van der Waals surface area contributed by atoms with Crippen LogP contribution in [0.3, 0.4) is 0 Å². The number of aromatic nitrogens is 1. The van der Waals surface area contributed by atoms with Crippen LogP contribution in [0.15, 0.2) is 42.7 Å². The topological polar surface area (TPSA) is 88.3 Å². The molecule has 118 valence electrons. The fraction of sp³-hybridized carbons (Fsp3) is 0.235. The van der Waals surface area contributed by atoms with Crippen molar-refractivity contribution in [1.29, 1.82) is 0 Å². The molecule has 0 fully saturated rings. The number of benzene rings is 1. The van der Waals surface area contributed by atoms with E-state index in [9.17, 15) is 9.59 Å². The second-order valence-corrected chi connectivity index (χ2v) is 5.57. The molecule has 0 radical (unpaired) electrons. The minimum Gasteiger partial charge on any atom is -0.325 e. The quantitative estimate of drug-likeness (QED) is 0.900. The summed E-state index contributed by atoms with van der Waals surface area (Å²) in [6.07, 6.45) is 3.99. The molecule has 0 aliphatic carbocycles. The normalized spacial score (nSPS) is 14.3. The van der Waals surface area contributed by atoms with E-state index in [-0.39, 0.29) is 11.8 Å². The Labute approximate surface area is 134 Å². The average molecular weight is 310 g/mol. The van der Waals surface area contributed by atoms with Crippen LogP contribution in [-0.4, -0.2) is 29.4 Å². The number of carbonyl (C=O) groups is 2. The van der Waals surface area contributed by atoms with Crippen LogP contribution >= 0.6 is 0 Å². The molecule has 1 aliphatic heterocycles. The van der Waals surface area contributed by atoms with Crippen molar-refractivity contribution in [2.45, 2.75) is 19.4 Å². The fourth-order valence-electron chi connectivity index (χ4n) is 2.57. The molecule has 0 saturated heterocycles. The molecule has 1 aliphatic rings. The molecule has 2 amide bonds. The van der Waals surface area contributed by atoms with Gasteiger partial charge >= 0.3 is 0 Å². The number of anilines is 2. The lowest BCUT2D eigenvalue weighted by molar-refractivity contribution is -0.117. The van der Waals surface area contributed by atoms with E-state index in [1.54, 1.807) is 36.4 Å². The Kier molecular flexibility index (Phi) is 4.08. The van der Waals surface area contributed by atoms with Gasteiger partial charge in [-0.15, -0.1) is 0 Å². The second-order valence-electron chi connectivity index (χ2n) is 5.57. The number of hydrogen-bond acceptors (Lipinski definition) is 4. The van der Waals surface area contributed by atoms with Crippen LogP contribution in [0.25, 0.3) is 0 Å². The summed E-state index contributed by atoms with van der Waals surface area (Å²) in [6, 6.07) is 8.48. The predicted octanol–water partition coefficient (Wildman–Crippen LogP) is 1.57. The third-order valence-corrected chi connectivity index (χ3v) is 3.82. The summed E-state index contributed by atoms with van der Waals surface area (Å²) in [6.45, 7) is 2.24. The maximum Gasteiger partial charge on any atom is 0.259 e. The van der Waals surface area contributed by atoms with E-state index in [1.807, 2.05) is 18.2 Å². The lowest BCUT2D eigenvalue weighted by Gasteiger charge is -2.18. The van der Waals surface area contributed by atoms with E-state index in [0.29, 0.717) is 17.8 Å². The molecule has 3 rings (SSSR count). The van der Waals surface area contributed by atoms with Gasteiger partial charge in [-0.2, -0.15) is 0 Å². The molecule has 0 saturated carbocycles. The molecule has 0 unspecified atom stereocenters. The van der Waals surface area contributed by atoms with Crippen LogP contribution in [0, 0.1) is 0 Å². The number of nitrogens with zero attached hydrogens (tertiary/aromatic N) is 2. The Morgan fingerprint density at radius 2 is 2.17 bits per heavy atom. The van der Waals surface area contributed by atoms with Crippen LogP contribution < -0.4 is 16.0 Å². The van der Waals surface area contributed by atoms with Crippen molar-refractivity contribution in [1.82, 2.24) is 4.98 Å². The molecule has 1 atom stereocenters. The van der Waals surface area contributed by atoms with Gasteiger partial charge in [-0.1, -0.05) is 6.07 Å². The summed E-state index contributed by atoms with van der Waals surface area (Å²) < 4.78 is 0. The molecular weight excluding hydrogens is 292 g/mol. The molecule has 1 aromatic carbocycles. The number of pyridine rings is 1. The number of carbonyl (C=O) groups excluding carboxylic acids is 2. The molecule has 1 aromatic heterocycles. The highest BCUT2D eigenvalue weighted by Crippen LogP contribution is 2.32. The predicted molar refractivity (Wildman–Crippen MR) is 88.3 cm³/mol. The van der Waals surface area contributed by atoms with Crippen LogP contribution in [0.2, 0.25) is 0 Å². The summed E-state index contributed by atoms with van der Waals surface area (Å²) >= 11 is 0. The third-order valence-electron chi connectivity index (χ3n) is 3.82. The molecule has 2 heterocycles. The SMILES string of the molecule is C[C@H](N)C(=O)Nc1ccc2c(c1)N(C(=O)c1cccnc1)CC2. The Balaban J connectivity index is 1.87. The highest BCUT2D eigenvalue weighted by atomic mass is 16.2. The van der Waals surface area contributed by atoms with Gasteiger partial charge in [0.1, 0.15) is 0 Å². The molecule has 23 heavy (non-hydrogen) atoms. The standard InChI is InChI=1S/C17H18N4O2/c1-11(18)16(22)20-14-5-4-12-6-8-21(15(12)9-14)17(23)13-3-2-7-19-10-13/h2-5,7,9-11H,6,8,18H2,1H3,(H,20,22)/t11-/m0/s1. The first-order valence-corrected chi connectivity index (χ1v) is 7.47. The van der Waals surface area contributed by atoms with Crippen molar-refractivity contribution in [3.05, 3.63) is 53.9 Å². The van der Waals surface area contributed by atoms with Gasteiger partial charge in [-0.25, -0.2) is 0 Å². The Bertz CT molecular complexity index is 744. The summed E-state index contributed by atoms with van der Waals surface area (Å²) in [5, 5.41) is 2.76. The first-order valence-electron chi connectivity index (χ1n) is 7.47. The zero-order valence-electron chi connectivity index (χ0n) is 12.8. The third kappa shape index (κ3) is 3.07. The van der Waals surface area contributed by atoms with Crippen LogP contribution in [-0.2, 0) is 11.2 Å². The van der Waals surface area contributed by atoms with Crippen molar-refractivity contribution >= 4 is 23.2 Å². The Hall–Kier alpha value is -2.73. The Morgan fingerprint density at radius 3 is 2.87 bits per heavy atom. The first kappa shape index (κ1) is 15.2. The van der Waals surface area contributed by atoms with E-state index >= 15 is 0 Å². The monoisotopic (exact) mass is 310 g/mol. The van der Waals surface area contributed by atoms with Crippen molar-refractivity contribution in [3.63, 3.8) is 0 Å². The highest BCUT2D eigenvalue weighted by molar-refractivity contribution is 6.07. The maximum absolute atomic E-state index is 12.6. The first-order chi connectivity index (χ1) is 11.1. The minimum absolute atomic E-state index is 0.0903. The lowest BCUT2D eigenvalue weighted by atomic mass is 10.1. The van der Waals surface area contributed by atoms with Gasteiger partial charge in [-0.3, -0.25) is 14.6 Å². The molecular formula is C17H18N4O2. The van der Waals surface area contributed by atoms with E-state index in [2.05, 4.69) is 10.3 Å². The van der Waals surface area contributed by atoms with E-state index in [4.69, 9.17) is 5.73 Å². The van der Waals surface area contributed by atoms with Crippen LogP contribution in [0.5, 0.6) is 0 Å². The summed E-state index contributed by atoms with van der Waals surface area (Å²) in [5.74, 6) is -0.347. The molecule has 6 heteroatoms. The second kappa shape index (κ2) is 6.18. The van der Waals surface area contributed by atoms with Gasteiger partial charge in [0.15, 0.2) is 0 Å². The zero-order valence-corrected chi connectivity index (χ0v) is 12.8.